The third-order valence-electron chi connectivity index (χ3n) is 2.92. The van der Waals surface area contributed by atoms with Gasteiger partial charge in [-0.3, -0.25) is 4.98 Å². The summed E-state index contributed by atoms with van der Waals surface area (Å²) in [5.41, 5.74) is 4.34. The maximum Gasteiger partial charge on any atom is 0.335 e. The summed E-state index contributed by atoms with van der Waals surface area (Å²) in [5.74, 6) is -0.935. The molecule has 0 unspecified atom stereocenters. The summed E-state index contributed by atoms with van der Waals surface area (Å²) >= 11 is 0. The van der Waals surface area contributed by atoms with Gasteiger partial charge in [-0.1, -0.05) is 12.1 Å². The van der Waals surface area contributed by atoms with Crippen LogP contribution in [-0.4, -0.2) is 16.1 Å². The molecular weight excluding hydrogens is 240 g/mol. The minimum absolute atomic E-state index is 0.257. The molecule has 0 aliphatic carbocycles. The minimum atomic E-state index is -0.935. The first-order valence-corrected chi connectivity index (χ1v) is 6.05. The van der Waals surface area contributed by atoms with Gasteiger partial charge >= 0.3 is 5.97 Å². The number of carboxylic acid groups (broad SMARTS) is 1. The van der Waals surface area contributed by atoms with Crippen LogP contribution in [0, 0.1) is 13.8 Å². The number of carbonyl (C=O) groups is 1. The Bertz CT molecular complexity index is 609. The molecule has 0 atom stereocenters. The molecule has 0 radical (unpaired) electrons. The number of pyridine rings is 1. The van der Waals surface area contributed by atoms with E-state index in [4.69, 9.17) is 5.11 Å². The van der Waals surface area contributed by atoms with Crippen LogP contribution < -0.4 is 5.32 Å². The van der Waals surface area contributed by atoms with Gasteiger partial charge < -0.3 is 10.4 Å². The number of nitrogens with zero attached hydrogens (tertiary/aromatic N) is 1. The van der Waals surface area contributed by atoms with E-state index in [1.807, 2.05) is 13.8 Å². The molecule has 1 heterocycles. The monoisotopic (exact) mass is 256 g/mol. The molecule has 4 nitrogen and oxygen atoms in total. The molecule has 0 aliphatic rings. The van der Waals surface area contributed by atoms with E-state index in [1.165, 1.54) is 17.8 Å². The highest BCUT2D eigenvalue weighted by molar-refractivity contribution is 5.87. The lowest BCUT2D eigenvalue weighted by Crippen LogP contribution is -2.05. The molecular formula is C15H16N2O2. The van der Waals surface area contributed by atoms with E-state index in [0.29, 0.717) is 12.2 Å². The third kappa shape index (κ3) is 3.31. The van der Waals surface area contributed by atoms with E-state index in [2.05, 4.69) is 28.5 Å². The predicted molar refractivity (Wildman–Crippen MR) is 74.4 cm³/mol. The van der Waals surface area contributed by atoms with Gasteiger partial charge in [-0.25, -0.2) is 4.79 Å². The summed E-state index contributed by atoms with van der Waals surface area (Å²) in [7, 11) is 0. The molecule has 2 aromatic rings. The topological polar surface area (TPSA) is 62.2 Å². The van der Waals surface area contributed by atoms with Crippen LogP contribution in [0.15, 0.2) is 36.5 Å². The lowest BCUT2D eigenvalue weighted by molar-refractivity contribution is 0.0696. The van der Waals surface area contributed by atoms with Gasteiger partial charge in [-0.15, -0.1) is 0 Å². The Morgan fingerprint density at radius 3 is 2.79 bits per heavy atom. The molecule has 19 heavy (non-hydrogen) atoms. The standard InChI is InChI=1S/C15H16N2O2/c1-10-3-4-11(2)14(7-10)17-9-13-8-12(15(18)19)5-6-16-13/h3-8,17H,9H2,1-2H3,(H,18,19). The van der Waals surface area contributed by atoms with E-state index in [0.717, 1.165) is 11.3 Å². The number of benzene rings is 1. The normalized spacial score (nSPS) is 10.2. The summed E-state index contributed by atoms with van der Waals surface area (Å²) in [4.78, 5) is 15.0. The van der Waals surface area contributed by atoms with Crippen molar-refractivity contribution in [2.45, 2.75) is 20.4 Å². The molecule has 0 spiro atoms. The van der Waals surface area contributed by atoms with Gasteiger partial charge in [-0.05, 0) is 43.2 Å². The lowest BCUT2D eigenvalue weighted by atomic mass is 10.1. The Morgan fingerprint density at radius 1 is 1.26 bits per heavy atom. The van der Waals surface area contributed by atoms with Crippen molar-refractivity contribution in [2.75, 3.05) is 5.32 Å². The van der Waals surface area contributed by atoms with Crippen LogP contribution in [0.2, 0.25) is 0 Å². The Hall–Kier alpha value is -2.36. The van der Waals surface area contributed by atoms with E-state index in [9.17, 15) is 4.79 Å². The molecule has 1 aromatic carbocycles. The molecule has 2 rings (SSSR count). The quantitative estimate of drug-likeness (QED) is 0.882. The van der Waals surface area contributed by atoms with Gasteiger partial charge in [0.05, 0.1) is 17.8 Å². The number of hydrogen-bond donors (Lipinski definition) is 2. The SMILES string of the molecule is Cc1ccc(C)c(NCc2cc(C(=O)O)ccn2)c1. The zero-order valence-corrected chi connectivity index (χ0v) is 11.0. The number of aromatic nitrogens is 1. The Balaban J connectivity index is 2.12. The van der Waals surface area contributed by atoms with Crippen molar-refractivity contribution >= 4 is 11.7 Å². The summed E-state index contributed by atoms with van der Waals surface area (Å²) in [6.07, 6.45) is 1.52. The average molecular weight is 256 g/mol. The highest BCUT2D eigenvalue weighted by atomic mass is 16.4. The van der Waals surface area contributed by atoms with Crippen molar-refractivity contribution in [2.24, 2.45) is 0 Å². The largest absolute Gasteiger partial charge is 0.478 e. The van der Waals surface area contributed by atoms with Crippen LogP contribution in [0.4, 0.5) is 5.69 Å². The van der Waals surface area contributed by atoms with E-state index >= 15 is 0 Å². The van der Waals surface area contributed by atoms with E-state index < -0.39 is 5.97 Å². The van der Waals surface area contributed by atoms with Crippen LogP contribution in [0.5, 0.6) is 0 Å². The van der Waals surface area contributed by atoms with Crippen LogP contribution in [0.3, 0.4) is 0 Å². The summed E-state index contributed by atoms with van der Waals surface area (Å²) < 4.78 is 0. The molecule has 0 fully saturated rings. The fraction of sp³-hybridized carbons (Fsp3) is 0.200. The van der Waals surface area contributed by atoms with Crippen LogP contribution >= 0.6 is 0 Å². The van der Waals surface area contributed by atoms with Gasteiger partial charge in [0, 0.05) is 11.9 Å². The van der Waals surface area contributed by atoms with Gasteiger partial charge in [0.1, 0.15) is 0 Å². The number of nitrogens with one attached hydrogen (secondary N) is 1. The molecule has 0 saturated carbocycles. The smallest absolute Gasteiger partial charge is 0.335 e. The highest BCUT2D eigenvalue weighted by Gasteiger charge is 2.04. The number of carboxylic acids is 1. The molecule has 98 valence electrons. The van der Waals surface area contributed by atoms with E-state index in [1.54, 1.807) is 6.07 Å². The van der Waals surface area contributed by atoms with Crippen molar-refractivity contribution < 1.29 is 9.90 Å². The zero-order chi connectivity index (χ0) is 13.8. The van der Waals surface area contributed by atoms with Crippen molar-refractivity contribution in [1.82, 2.24) is 4.98 Å². The van der Waals surface area contributed by atoms with Crippen LogP contribution in [0.1, 0.15) is 27.2 Å². The van der Waals surface area contributed by atoms with Crippen molar-refractivity contribution in [3.63, 3.8) is 0 Å². The number of hydrogen-bond acceptors (Lipinski definition) is 3. The highest BCUT2D eigenvalue weighted by Crippen LogP contribution is 2.17. The predicted octanol–water partition coefficient (Wildman–Crippen LogP) is 3.01. The van der Waals surface area contributed by atoms with Crippen molar-refractivity contribution in [3.05, 3.63) is 58.9 Å². The second-order valence-electron chi connectivity index (χ2n) is 4.51. The molecule has 0 amide bonds. The Morgan fingerprint density at radius 2 is 2.05 bits per heavy atom. The van der Waals surface area contributed by atoms with Gasteiger partial charge in [0.2, 0.25) is 0 Å². The fourth-order valence-electron chi connectivity index (χ4n) is 1.82. The molecule has 0 bridgehead atoms. The van der Waals surface area contributed by atoms with Crippen LogP contribution in [-0.2, 0) is 6.54 Å². The van der Waals surface area contributed by atoms with Crippen LogP contribution in [0.25, 0.3) is 0 Å². The molecule has 1 aromatic heterocycles. The lowest BCUT2D eigenvalue weighted by Gasteiger charge is -2.10. The van der Waals surface area contributed by atoms with Gasteiger partial charge in [0.15, 0.2) is 0 Å². The number of anilines is 1. The average Bonchev–Trinajstić information content (AvgIpc) is 2.40. The third-order valence-corrected chi connectivity index (χ3v) is 2.92. The first kappa shape index (κ1) is 13.1. The number of rotatable bonds is 4. The second kappa shape index (κ2) is 5.52. The zero-order valence-electron chi connectivity index (χ0n) is 11.0. The van der Waals surface area contributed by atoms with Gasteiger partial charge in [0.25, 0.3) is 0 Å². The first-order valence-electron chi connectivity index (χ1n) is 6.05. The van der Waals surface area contributed by atoms with Crippen molar-refractivity contribution in [1.29, 1.82) is 0 Å². The Kier molecular flexibility index (Phi) is 3.80. The maximum absolute atomic E-state index is 10.9. The maximum atomic E-state index is 10.9. The van der Waals surface area contributed by atoms with Gasteiger partial charge in [-0.2, -0.15) is 0 Å². The summed E-state index contributed by atoms with van der Waals surface area (Å²) in [5, 5.41) is 12.2. The van der Waals surface area contributed by atoms with E-state index in [-0.39, 0.29) is 5.56 Å². The minimum Gasteiger partial charge on any atom is -0.478 e. The molecule has 4 heteroatoms. The summed E-state index contributed by atoms with van der Waals surface area (Å²) in [6.45, 7) is 4.57. The number of aromatic carboxylic acids is 1. The number of aryl methyl sites for hydroxylation is 2. The first-order chi connectivity index (χ1) is 9.06. The van der Waals surface area contributed by atoms with Crippen molar-refractivity contribution in [3.8, 4) is 0 Å². The fourth-order valence-corrected chi connectivity index (χ4v) is 1.82. The molecule has 2 N–H and O–H groups in total. The molecule has 0 aliphatic heterocycles. The Labute approximate surface area is 112 Å². The molecule has 0 saturated heterocycles. The second-order valence-corrected chi connectivity index (χ2v) is 4.51. The summed E-state index contributed by atoms with van der Waals surface area (Å²) in [6, 6.07) is 9.25.